The number of hydrogen-bond donors (Lipinski definition) is 4. The smallest absolute Gasteiger partial charge is 0.423 e. The van der Waals surface area contributed by atoms with Gasteiger partial charge in [0.25, 0.3) is 11.9 Å². The second-order valence-electron chi connectivity index (χ2n) is 6.93. The van der Waals surface area contributed by atoms with Crippen molar-refractivity contribution in [3.63, 3.8) is 0 Å². The van der Waals surface area contributed by atoms with Gasteiger partial charge < -0.3 is 21.1 Å². The molecular formula is C20H18BFN6O3. The van der Waals surface area contributed by atoms with Gasteiger partial charge in [0.2, 0.25) is 0 Å². The molecule has 11 heteroatoms. The Hall–Kier alpha value is -3.83. The SMILES string of the molecule is Cc1cc2c(B(O)O)cccc2n1-c1nnc(C(N)=O)c(NCc2cccc(F)c2)n1. The van der Waals surface area contributed by atoms with Crippen molar-refractivity contribution in [1.29, 1.82) is 0 Å². The van der Waals surface area contributed by atoms with Crippen LogP contribution in [0.1, 0.15) is 21.7 Å². The summed E-state index contributed by atoms with van der Waals surface area (Å²) < 4.78 is 15.1. The molecule has 4 rings (SSSR count). The van der Waals surface area contributed by atoms with Gasteiger partial charge >= 0.3 is 7.12 Å². The van der Waals surface area contributed by atoms with Gasteiger partial charge in [-0.05, 0) is 42.2 Å². The van der Waals surface area contributed by atoms with Gasteiger partial charge in [-0.15, -0.1) is 10.2 Å². The van der Waals surface area contributed by atoms with Crippen LogP contribution in [-0.4, -0.2) is 42.8 Å². The number of aryl methyl sites for hydroxylation is 1. The Kier molecular flexibility index (Phi) is 5.36. The number of amides is 1. The van der Waals surface area contributed by atoms with Crippen molar-refractivity contribution in [2.45, 2.75) is 13.5 Å². The Morgan fingerprint density at radius 1 is 1.19 bits per heavy atom. The zero-order valence-electron chi connectivity index (χ0n) is 16.5. The summed E-state index contributed by atoms with van der Waals surface area (Å²) in [4.78, 5) is 16.2. The zero-order chi connectivity index (χ0) is 22.1. The molecule has 0 radical (unpaired) electrons. The lowest BCUT2D eigenvalue weighted by Crippen LogP contribution is -2.30. The number of fused-ring (bicyclic) bond motifs is 1. The van der Waals surface area contributed by atoms with Gasteiger partial charge in [-0.25, -0.2) is 4.39 Å². The first-order valence-corrected chi connectivity index (χ1v) is 9.35. The molecule has 2 aromatic heterocycles. The molecule has 4 aromatic rings. The maximum Gasteiger partial charge on any atom is 0.489 e. The summed E-state index contributed by atoms with van der Waals surface area (Å²) >= 11 is 0. The first-order valence-electron chi connectivity index (χ1n) is 9.35. The van der Waals surface area contributed by atoms with Crippen LogP contribution in [0.4, 0.5) is 10.2 Å². The van der Waals surface area contributed by atoms with Crippen molar-refractivity contribution in [3.05, 3.63) is 71.3 Å². The molecule has 0 saturated carbocycles. The van der Waals surface area contributed by atoms with Gasteiger partial charge in [0, 0.05) is 17.6 Å². The van der Waals surface area contributed by atoms with Crippen LogP contribution < -0.4 is 16.5 Å². The van der Waals surface area contributed by atoms with Crippen LogP contribution in [0.2, 0.25) is 0 Å². The first kappa shape index (κ1) is 20.4. The molecule has 0 spiro atoms. The van der Waals surface area contributed by atoms with E-state index >= 15 is 0 Å². The number of nitrogens with two attached hydrogens (primary N) is 1. The molecule has 2 heterocycles. The molecule has 0 aliphatic carbocycles. The molecule has 31 heavy (non-hydrogen) atoms. The van der Waals surface area contributed by atoms with Crippen molar-refractivity contribution in [3.8, 4) is 5.95 Å². The van der Waals surface area contributed by atoms with Crippen LogP contribution in [0.25, 0.3) is 16.9 Å². The number of primary amides is 1. The summed E-state index contributed by atoms with van der Waals surface area (Å²) in [5, 5.41) is 30.8. The largest absolute Gasteiger partial charge is 0.489 e. The zero-order valence-corrected chi connectivity index (χ0v) is 16.5. The number of carbonyl (C=O) groups excluding carboxylic acids is 1. The average Bonchev–Trinajstić information content (AvgIpc) is 3.07. The Morgan fingerprint density at radius 3 is 2.68 bits per heavy atom. The predicted octanol–water partition coefficient (Wildman–Crippen LogP) is 0.654. The van der Waals surface area contributed by atoms with Gasteiger partial charge in [0.1, 0.15) is 5.82 Å². The first-order chi connectivity index (χ1) is 14.8. The normalized spacial score (nSPS) is 11.0. The van der Waals surface area contributed by atoms with Crippen LogP contribution in [0, 0.1) is 12.7 Å². The Morgan fingerprint density at radius 2 is 1.97 bits per heavy atom. The number of halogens is 1. The van der Waals surface area contributed by atoms with E-state index in [0.717, 1.165) is 0 Å². The highest BCUT2D eigenvalue weighted by Crippen LogP contribution is 2.22. The molecule has 156 valence electrons. The Balaban J connectivity index is 1.78. The third kappa shape index (κ3) is 3.96. The van der Waals surface area contributed by atoms with E-state index in [4.69, 9.17) is 5.73 Å². The molecule has 0 saturated heterocycles. The van der Waals surface area contributed by atoms with Crippen molar-refractivity contribution in [1.82, 2.24) is 19.7 Å². The number of hydrogen-bond acceptors (Lipinski definition) is 7. The topological polar surface area (TPSA) is 139 Å². The fourth-order valence-electron chi connectivity index (χ4n) is 3.41. The van der Waals surface area contributed by atoms with Gasteiger partial charge in [-0.2, -0.15) is 4.98 Å². The fraction of sp³-hybridized carbons (Fsp3) is 0.100. The molecule has 0 bridgehead atoms. The highest BCUT2D eigenvalue weighted by Gasteiger charge is 2.21. The summed E-state index contributed by atoms with van der Waals surface area (Å²) in [6.07, 6.45) is 0. The summed E-state index contributed by atoms with van der Waals surface area (Å²) in [6.45, 7) is 1.99. The number of nitrogens with one attached hydrogen (secondary N) is 1. The number of carbonyl (C=O) groups is 1. The minimum Gasteiger partial charge on any atom is -0.423 e. The van der Waals surface area contributed by atoms with E-state index in [1.54, 1.807) is 47.9 Å². The Bertz CT molecular complexity index is 1290. The van der Waals surface area contributed by atoms with E-state index in [2.05, 4.69) is 20.5 Å². The number of rotatable bonds is 6. The maximum absolute atomic E-state index is 13.5. The van der Waals surface area contributed by atoms with E-state index < -0.39 is 13.0 Å². The molecule has 9 nitrogen and oxygen atoms in total. The molecule has 0 fully saturated rings. The van der Waals surface area contributed by atoms with Crippen molar-refractivity contribution < 1.29 is 19.2 Å². The standard InChI is InChI=1S/C20H18BFN6O3/c1-11-8-14-15(21(30)31)6-3-7-16(14)28(11)20-25-19(17(18(23)29)26-27-20)24-10-12-4-2-5-13(22)9-12/h2-9,30-31H,10H2,1H3,(H2,23,29)(H,24,25,27). The van der Waals surface area contributed by atoms with Crippen LogP contribution >= 0.6 is 0 Å². The molecule has 2 aromatic carbocycles. The van der Waals surface area contributed by atoms with Gasteiger partial charge in [0.15, 0.2) is 11.5 Å². The predicted molar refractivity (Wildman–Crippen MR) is 113 cm³/mol. The lowest BCUT2D eigenvalue weighted by Gasteiger charge is -2.12. The molecular weight excluding hydrogens is 402 g/mol. The molecule has 0 atom stereocenters. The fourth-order valence-corrected chi connectivity index (χ4v) is 3.41. The van der Waals surface area contributed by atoms with Gasteiger partial charge in [-0.3, -0.25) is 9.36 Å². The van der Waals surface area contributed by atoms with E-state index in [1.807, 2.05) is 0 Å². The number of anilines is 1. The van der Waals surface area contributed by atoms with E-state index in [1.165, 1.54) is 12.1 Å². The minimum atomic E-state index is -1.64. The molecule has 0 aliphatic rings. The minimum absolute atomic E-state index is 0.0985. The van der Waals surface area contributed by atoms with Crippen LogP contribution in [-0.2, 0) is 6.54 Å². The van der Waals surface area contributed by atoms with Crippen LogP contribution in [0.3, 0.4) is 0 Å². The van der Waals surface area contributed by atoms with E-state index in [0.29, 0.717) is 27.6 Å². The van der Waals surface area contributed by atoms with Crippen LogP contribution in [0.15, 0.2) is 48.5 Å². The lowest BCUT2D eigenvalue weighted by atomic mass is 9.78. The van der Waals surface area contributed by atoms with Crippen molar-refractivity contribution in [2.24, 2.45) is 5.73 Å². The van der Waals surface area contributed by atoms with Crippen LogP contribution in [0.5, 0.6) is 0 Å². The number of nitrogens with zero attached hydrogens (tertiary/aromatic N) is 4. The number of aromatic nitrogens is 4. The second-order valence-corrected chi connectivity index (χ2v) is 6.93. The summed E-state index contributed by atoms with van der Waals surface area (Å²) in [5.41, 5.74) is 7.58. The quantitative estimate of drug-likeness (QED) is 0.336. The Labute approximate surface area is 176 Å². The van der Waals surface area contributed by atoms with Crippen molar-refractivity contribution in [2.75, 3.05) is 5.32 Å². The van der Waals surface area contributed by atoms with Crippen molar-refractivity contribution >= 4 is 35.2 Å². The van der Waals surface area contributed by atoms with E-state index in [-0.39, 0.29) is 29.8 Å². The van der Waals surface area contributed by atoms with Gasteiger partial charge in [0.05, 0.1) is 5.52 Å². The highest BCUT2D eigenvalue weighted by molar-refractivity contribution is 6.61. The van der Waals surface area contributed by atoms with Gasteiger partial charge in [-0.1, -0.05) is 24.3 Å². The molecule has 0 unspecified atom stereocenters. The summed E-state index contributed by atoms with van der Waals surface area (Å²) in [6, 6.07) is 12.8. The monoisotopic (exact) mass is 420 g/mol. The molecule has 0 aliphatic heterocycles. The molecule has 5 N–H and O–H groups in total. The lowest BCUT2D eigenvalue weighted by molar-refractivity contribution is 0.0995. The summed E-state index contributed by atoms with van der Waals surface area (Å²) in [7, 11) is -1.64. The highest BCUT2D eigenvalue weighted by atomic mass is 19.1. The third-order valence-electron chi connectivity index (χ3n) is 4.80. The maximum atomic E-state index is 13.5. The number of benzene rings is 2. The average molecular weight is 420 g/mol. The second kappa shape index (κ2) is 8.13. The molecule has 1 amide bonds. The summed E-state index contributed by atoms with van der Waals surface area (Å²) in [5.74, 6) is -0.939. The third-order valence-corrected chi connectivity index (χ3v) is 4.80. The van der Waals surface area contributed by atoms with E-state index in [9.17, 15) is 19.2 Å².